The van der Waals surface area contributed by atoms with Crippen LogP contribution in [0.3, 0.4) is 0 Å². The summed E-state index contributed by atoms with van der Waals surface area (Å²) < 4.78 is 25.2. The summed E-state index contributed by atoms with van der Waals surface area (Å²) in [6.07, 6.45) is 0.952. The lowest BCUT2D eigenvalue weighted by Gasteiger charge is -2.21. The monoisotopic (exact) mass is 303 g/mol. The zero-order valence-electron chi connectivity index (χ0n) is 12.4. The van der Waals surface area contributed by atoms with Gasteiger partial charge in [0.25, 0.3) is 0 Å². The van der Waals surface area contributed by atoms with Gasteiger partial charge in [-0.3, -0.25) is 0 Å². The zero-order chi connectivity index (χ0) is 15.5. The molecule has 0 radical (unpaired) electrons. The molecule has 2 aromatic rings. The molecule has 2 N–H and O–H groups in total. The van der Waals surface area contributed by atoms with Gasteiger partial charge < -0.3 is 5.73 Å². The van der Waals surface area contributed by atoms with E-state index in [4.69, 9.17) is 5.73 Å². The van der Waals surface area contributed by atoms with Gasteiger partial charge in [0.05, 0.1) is 10.1 Å². The van der Waals surface area contributed by atoms with Crippen molar-refractivity contribution in [1.29, 1.82) is 0 Å². The molecular weight excluding hydrogens is 282 g/mol. The Morgan fingerprint density at radius 2 is 1.57 bits per heavy atom. The average Bonchev–Trinajstić information content (AvgIpc) is 2.54. The Bertz CT molecular complexity index is 678. The third kappa shape index (κ3) is 3.34. The Morgan fingerprint density at radius 3 is 2.10 bits per heavy atom. The van der Waals surface area contributed by atoms with Crippen LogP contribution >= 0.6 is 0 Å². The smallest absolute Gasteiger partial charge is 0.182 e. The standard InChI is InChI=1S/C17H21NO2S/c1-3-14-9-11-15(12-10-14)17(18)13(2)21(19,20)16-7-5-4-6-8-16/h4-13,17H,3,18H2,1-2H3. The molecule has 0 heterocycles. The fourth-order valence-corrected chi connectivity index (χ4v) is 3.77. The van der Waals surface area contributed by atoms with Crippen LogP contribution in [0.25, 0.3) is 0 Å². The molecule has 0 amide bonds. The molecule has 0 saturated carbocycles. The average molecular weight is 303 g/mol. The van der Waals surface area contributed by atoms with E-state index in [-0.39, 0.29) is 0 Å². The minimum atomic E-state index is -3.43. The first kappa shape index (κ1) is 15.7. The molecular formula is C17H21NO2S. The first-order valence-corrected chi connectivity index (χ1v) is 8.64. The maximum atomic E-state index is 12.6. The van der Waals surface area contributed by atoms with E-state index in [1.807, 2.05) is 24.3 Å². The van der Waals surface area contributed by atoms with E-state index in [2.05, 4.69) is 6.92 Å². The van der Waals surface area contributed by atoms with Gasteiger partial charge in [0.2, 0.25) is 0 Å². The number of aryl methyl sites for hydroxylation is 1. The molecule has 0 aliphatic carbocycles. The van der Waals surface area contributed by atoms with E-state index in [9.17, 15) is 8.42 Å². The van der Waals surface area contributed by atoms with Crippen LogP contribution in [0.1, 0.15) is 31.0 Å². The molecule has 4 heteroatoms. The highest BCUT2D eigenvalue weighted by Crippen LogP contribution is 2.25. The molecule has 0 aliphatic rings. The van der Waals surface area contributed by atoms with E-state index in [0.29, 0.717) is 4.90 Å². The quantitative estimate of drug-likeness (QED) is 0.923. The molecule has 2 atom stereocenters. The Balaban J connectivity index is 2.27. The van der Waals surface area contributed by atoms with Crippen LogP contribution < -0.4 is 5.73 Å². The predicted octanol–water partition coefficient (Wildman–Crippen LogP) is 3.11. The fraction of sp³-hybridized carbons (Fsp3) is 0.294. The van der Waals surface area contributed by atoms with Crippen molar-refractivity contribution >= 4 is 9.84 Å². The predicted molar refractivity (Wildman–Crippen MR) is 85.8 cm³/mol. The van der Waals surface area contributed by atoms with Crippen molar-refractivity contribution in [1.82, 2.24) is 0 Å². The van der Waals surface area contributed by atoms with E-state index in [0.717, 1.165) is 12.0 Å². The molecule has 21 heavy (non-hydrogen) atoms. The molecule has 2 unspecified atom stereocenters. The fourth-order valence-electron chi connectivity index (χ4n) is 2.26. The second-order valence-corrected chi connectivity index (χ2v) is 7.49. The summed E-state index contributed by atoms with van der Waals surface area (Å²) in [5.74, 6) is 0. The second kappa shape index (κ2) is 6.41. The van der Waals surface area contributed by atoms with Crippen LogP contribution in [0.4, 0.5) is 0 Å². The van der Waals surface area contributed by atoms with Crippen LogP contribution in [0.15, 0.2) is 59.5 Å². The van der Waals surface area contributed by atoms with Gasteiger partial charge in [0.1, 0.15) is 0 Å². The summed E-state index contributed by atoms with van der Waals surface area (Å²) in [6, 6.07) is 15.8. The topological polar surface area (TPSA) is 60.2 Å². The molecule has 112 valence electrons. The zero-order valence-corrected chi connectivity index (χ0v) is 13.2. The van der Waals surface area contributed by atoms with Gasteiger partial charge in [-0.05, 0) is 36.6 Å². The molecule has 0 fully saturated rings. The van der Waals surface area contributed by atoms with Crippen LogP contribution in [0.2, 0.25) is 0 Å². The van der Waals surface area contributed by atoms with Crippen molar-refractivity contribution < 1.29 is 8.42 Å². The highest BCUT2D eigenvalue weighted by atomic mass is 32.2. The number of hydrogen-bond acceptors (Lipinski definition) is 3. The normalized spacial score (nSPS) is 14.6. The Labute approximate surface area is 126 Å². The van der Waals surface area contributed by atoms with E-state index < -0.39 is 21.1 Å². The van der Waals surface area contributed by atoms with Gasteiger partial charge in [-0.25, -0.2) is 8.42 Å². The maximum absolute atomic E-state index is 12.6. The van der Waals surface area contributed by atoms with Crippen molar-refractivity contribution in [2.24, 2.45) is 5.73 Å². The van der Waals surface area contributed by atoms with Gasteiger partial charge in [-0.1, -0.05) is 49.4 Å². The second-order valence-electron chi connectivity index (χ2n) is 5.18. The summed E-state index contributed by atoms with van der Waals surface area (Å²) in [7, 11) is -3.43. The summed E-state index contributed by atoms with van der Waals surface area (Å²) in [5.41, 5.74) is 8.23. The lowest BCUT2D eigenvalue weighted by atomic mass is 10.0. The van der Waals surface area contributed by atoms with Crippen molar-refractivity contribution in [3.63, 3.8) is 0 Å². The van der Waals surface area contributed by atoms with E-state index >= 15 is 0 Å². The maximum Gasteiger partial charge on any atom is 0.182 e. The highest BCUT2D eigenvalue weighted by Gasteiger charge is 2.29. The molecule has 0 aliphatic heterocycles. The van der Waals surface area contributed by atoms with Gasteiger partial charge in [0, 0.05) is 6.04 Å². The lowest BCUT2D eigenvalue weighted by Crippen LogP contribution is -2.31. The van der Waals surface area contributed by atoms with Crippen LogP contribution in [0, 0.1) is 0 Å². The van der Waals surface area contributed by atoms with E-state index in [1.54, 1.807) is 37.3 Å². The minimum absolute atomic E-state index is 0.318. The lowest BCUT2D eigenvalue weighted by molar-refractivity contribution is 0.565. The SMILES string of the molecule is CCc1ccc(C(N)C(C)S(=O)(=O)c2ccccc2)cc1. The van der Waals surface area contributed by atoms with E-state index in [1.165, 1.54) is 5.56 Å². The number of sulfone groups is 1. The Morgan fingerprint density at radius 1 is 1.00 bits per heavy atom. The number of benzene rings is 2. The van der Waals surface area contributed by atoms with Gasteiger partial charge in [-0.2, -0.15) is 0 Å². The van der Waals surface area contributed by atoms with Crippen molar-refractivity contribution in [2.45, 2.75) is 36.5 Å². The Kier molecular flexibility index (Phi) is 4.80. The van der Waals surface area contributed by atoms with Crippen molar-refractivity contribution in [3.05, 3.63) is 65.7 Å². The van der Waals surface area contributed by atoms with Crippen LogP contribution in [-0.2, 0) is 16.3 Å². The summed E-state index contributed by atoms with van der Waals surface area (Å²) in [5, 5.41) is -0.674. The summed E-state index contributed by atoms with van der Waals surface area (Å²) >= 11 is 0. The third-order valence-electron chi connectivity index (χ3n) is 3.84. The molecule has 0 spiro atoms. The highest BCUT2D eigenvalue weighted by molar-refractivity contribution is 7.92. The van der Waals surface area contributed by atoms with Crippen LogP contribution in [0.5, 0.6) is 0 Å². The first-order valence-electron chi connectivity index (χ1n) is 7.10. The van der Waals surface area contributed by atoms with Gasteiger partial charge >= 0.3 is 0 Å². The van der Waals surface area contributed by atoms with Crippen LogP contribution in [-0.4, -0.2) is 13.7 Å². The Hall–Kier alpha value is -1.65. The summed E-state index contributed by atoms with van der Waals surface area (Å²) in [6.45, 7) is 3.75. The molecule has 0 bridgehead atoms. The minimum Gasteiger partial charge on any atom is -0.323 e. The first-order chi connectivity index (χ1) is 9.96. The largest absolute Gasteiger partial charge is 0.323 e. The van der Waals surface area contributed by atoms with Gasteiger partial charge in [-0.15, -0.1) is 0 Å². The molecule has 2 aromatic carbocycles. The molecule has 0 aromatic heterocycles. The number of rotatable bonds is 5. The summed E-state index contributed by atoms with van der Waals surface area (Å²) in [4.78, 5) is 0.318. The number of hydrogen-bond donors (Lipinski definition) is 1. The van der Waals surface area contributed by atoms with Crippen molar-refractivity contribution in [3.8, 4) is 0 Å². The van der Waals surface area contributed by atoms with Gasteiger partial charge in [0.15, 0.2) is 9.84 Å². The molecule has 3 nitrogen and oxygen atoms in total. The molecule has 2 rings (SSSR count). The molecule has 0 saturated heterocycles. The van der Waals surface area contributed by atoms with Crippen molar-refractivity contribution in [2.75, 3.05) is 0 Å². The third-order valence-corrected chi connectivity index (χ3v) is 6.04. The number of nitrogens with two attached hydrogens (primary N) is 1.